The number of nitrogens with one attached hydrogen (secondary N) is 1. The van der Waals surface area contributed by atoms with Crippen LogP contribution >= 0.6 is 11.3 Å². The zero-order valence-electron chi connectivity index (χ0n) is 11.0. The molecule has 0 radical (unpaired) electrons. The summed E-state index contributed by atoms with van der Waals surface area (Å²) in [4.78, 5) is 10.1. The van der Waals surface area contributed by atoms with Crippen molar-refractivity contribution in [2.24, 2.45) is 0 Å². The van der Waals surface area contributed by atoms with E-state index in [2.05, 4.69) is 15.3 Å². The van der Waals surface area contributed by atoms with Gasteiger partial charge in [0.2, 0.25) is 11.8 Å². The van der Waals surface area contributed by atoms with E-state index in [0.717, 1.165) is 4.88 Å². The van der Waals surface area contributed by atoms with E-state index in [-0.39, 0.29) is 5.88 Å². The van der Waals surface area contributed by atoms with Crippen LogP contribution in [0.4, 0.5) is 19.1 Å². The molecule has 1 N–H and O–H groups in total. The molecular weight excluding hydrogens is 291 g/mol. The number of nitrogens with zero attached hydrogens (tertiary/aromatic N) is 2. The molecule has 110 valence electrons. The molecule has 0 aliphatic heterocycles. The SMILES string of the molecule is CCNc1nc(OCCC(F)(F)F)c2cc(C)sc2n1. The number of aromatic nitrogens is 2. The number of rotatable bonds is 5. The Balaban J connectivity index is 2.24. The molecule has 2 heterocycles. The standard InChI is InChI=1S/C12H14F3N3OS/c1-3-16-11-17-9(19-5-4-12(13,14)15)8-6-7(2)20-10(8)18-11/h6H,3-5H2,1-2H3,(H,16,17,18). The Morgan fingerprint density at radius 2 is 2.10 bits per heavy atom. The van der Waals surface area contributed by atoms with Crippen LogP contribution in [0.15, 0.2) is 6.07 Å². The number of thiophene rings is 1. The maximum atomic E-state index is 12.2. The smallest absolute Gasteiger partial charge is 0.392 e. The largest absolute Gasteiger partial charge is 0.477 e. The predicted molar refractivity (Wildman–Crippen MR) is 72.5 cm³/mol. The summed E-state index contributed by atoms with van der Waals surface area (Å²) < 4.78 is 41.7. The fourth-order valence-electron chi connectivity index (χ4n) is 1.63. The van der Waals surface area contributed by atoms with Crippen LogP contribution in [0.5, 0.6) is 5.88 Å². The quantitative estimate of drug-likeness (QED) is 0.913. The highest BCUT2D eigenvalue weighted by Crippen LogP contribution is 2.31. The number of halogens is 3. The van der Waals surface area contributed by atoms with Crippen molar-refractivity contribution >= 4 is 27.5 Å². The molecule has 0 aromatic carbocycles. The molecule has 0 spiro atoms. The van der Waals surface area contributed by atoms with Crippen molar-refractivity contribution in [1.29, 1.82) is 0 Å². The zero-order chi connectivity index (χ0) is 14.8. The van der Waals surface area contributed by atoms with Gasteiger partial charge in [-0.1, -0.05) is 0 Å². The number of hydrogen-bond donors (Lipinski definition) is 1. The van der Waals surface area contributed by atoms with Crippen molar-refractivity contribution in [1.82, 2.24) is 9.97 Å². The van der Waals surface area contributed by atoms with Gasteiger partial charge in [0.15, 0.2) is 0 Å². The Labute approximate surface area is 118 Å². The topological polar surface area (TPSA) is 47.0 Å². The summed E-state index contributed by atoms with van der Waals surface area (Å²) in [6, 6.07) is 1.82. The van der Waals surface area contributed by atoms with Crippen molar-refractivity contribution in [3.8, 4) is 5.88 Å². The summed E-state index contributed by atoms with van der Waals surface area (Å²) in [6.07, 6.45) is -5.24. The van der Waals surface area contributed by atoms with Crippen LogP contribution in [0.25, 0.3) is 10.2 Å². The number of ether oxygens (including phenoxy) is 1. The van der Waals surface area contributed by atoms with Gasteiger partial charge in [-0.25, -0.2) is 4.98 Å². The number of anilines is 1. The van der Waals surface area contributed by atoms with Crippen molar-refractivity contribution < 1.29 is 17.9 Å². The maximum Gasteiger partial charge on any atom is 0.392 e. The second-order valence-electron chi connectivity index (χ2n) is 4.17. The molecule has 0 amide bonds. The first kappa shape index (κ1) is 14.8. The molecule has 8 heteroatoms. The van der Waals surface area contributed by atoms with Crippen molar-refractivity contribution in [2.45, 2.75) is 26.4 Å². The maximum absolute atomic E-state index is 12.2. The molecule has 2 aromatic heterocycles. The Morgan fingerprint density at radius 1 is 1.35 bits per heavy atom. The van der Waals surface area contributed by atoms with Crippen LogP contribution in [-0.2, 0) is 0 Å². The molecule has 0 fully saturated rings. The Morgan fingerprint density at radius 3 is 2.75 bits per heavy atom. The van der Waals surface area contributed by atoms with Crippen LogP contribution in [-0.4, -0.2) is 29.3 Å². The highest BCUT2D eigenvalue weighted by atomic mass is 32.1. The Bertz CT molecular complexity index is 597. The molecule has 0 atom stereocenters. The van der Waals surface area contributed by atoms with Crippen molar-refractivity contribution in [3.05, 3.63) is 10.9 Å². The van der Waals surface area contributed by atoms with Gasteiger partial charge < -0.3 is 10.1 Å². The molecule has 0 saturated heterocycles. The van der Waals surface area contributed by atoms with Gasteiger partial charge in [0, 0.05) is 11.4 Å². The molecule has 4 nitrogen and oxygen atoms in total. The summed E-state index contributed by atoms with van der Waals surface area (Å²) in [5.41, 5.74) is 0. The fourth-order valence-corrected chi connectivity index (χ4v) is 2.50. The summed E-state index contributed by atoms with van der Waals surface area (Å²) in [6.45, 7) is 3.96. The number of alkyl halides is 3. The van der Waals surface area contributed by atoms with Gasteiger partial charge in [0.25, 0.3) is 0 Å². The molecule has 0 bridgehead atoms. The van der Waals surface area contributed by atoms with E-state index >= 15 is 0 Å². The van der Waals surface area contributed by atoms with Crippen LogP contribution in [0, 0.1) is 6.92 Å². The minimum absolute atomic E-state index is 0.194. The molecular formula is C12H14F3N3OS. The van der Waals surface area contributed by atoms with Crippen LogP contribution in [0.1, 0.15) is 18.2 Å². The molecule has 0 aliphatic carbocycles. The van der Waals surface area contributed by atoms with E-state index in [1.807, 2.05) is 19.9 Å². The van der Waals surface area contributed by atoms with E-state index in [1.165, 1.54) is 11.3 Å². The van der Waals surface area contributed by atoms with Gasteiger partial charge in [0.1, 0.15) is 4.83 Å². The van der Waals surface area contributed by atoms with Gasteiger partial charge in [-0.15, -0.1) is 11.3 Å². The van der Waals surface area contributed by atoms with Crippen LogP contribution < -0.4 is 10.1 Å². The average molecular weight is 305 g/mol. The lowest BCUT2D eigenvalue weighted by atomic mass is 10.3. The molecule has 0 aliphatic rings. The lowest BCUT2D eigenvalue weighted by Gasteiger charge is -2.10. The van der Waals surface area contributed by atoms with Gasteiger partial charge in [-0.05, 0) is 19.9 Å². The third-order valence-electron chi connectivity index (χ3n) is 2.44. The average Bonchev–Trinajstić information content (AvgIpc) is 2.68. The second-order valence-corrected chi connectivity index (χ2v) is 5.41. The number of hydrogen-bond acceptors (Lipinski definition) is 5. The van der Waals surface area contributed by atoms with Crippen molar-refractivity contribution in [3.63, 3.8) is 0 Å². The van der Waals surface area contributed by atoms with Gasteiger partial charge in [-0.3, -0.25) is 0 Å². The predicted octanol–water partition coefficient (Wildman–Crippen LogP) is 3.76. The highest BCUT2D eigenvalue weighted by molar-refractivity contribution is 7.18. The second kappa shape index (κ2) is 5.82. The zero-order valence-corrected chi connectivity index (χ0v) is 11.9. The first-order valence-corrected chi connectivity index (χ1v) is 6.92. The van der Waals surface area contributed by atoms with Crippen LogP contribution in [0.2, 0.25) is 0 Å². The third kappa shape index (κ3) is 3.72. The molecule has 2 rings (SSSR count). The van der Waals surface area contributed by atoms with E-state index in [9.17, 15) is 13.2 Å². The third-order valence-corrected chi connectivity index (χ3v) is 3.38. The van der Waals surface area contributed by atoms with E-state index in [0.29, 0.717) is 22.7 Å². The monoisotopic (exact) mass is 305 g/mol. The summed E-state index contributed by atoms with van der Waals surface area (Å²) in [5.74, 6) is 0.559. The van der Waals surface area contributed by atoms with E-state index < -0.39 is 19.2 Å². The lowest BCUT2D eigenvalue weighted by molar-refractivity contribution is -0.139. The van der Waals surface area contributed by atoms with Crippen molar-refractivity contribution in [2.75, 3.05) is 18.5 Å². The van der Waals surface area contributed by atoms with Crippen LogP contribution in [0.3, 0.4) is 0 Å². The minimum Gasteiger partial charge on any atom is -0.477 e. The molecule has 2 aromatic rings. The first-order chi connectivity index (χ1) is 9.39. The molecule has 0 saturated carbocycles. The number of aryl methyl sites for hydroxylation is 1. The van der Waals surface area contributed by atoms with Gasteiger partial charge >= 0.3 is 6.18 Å². The summed E-state index contributed by atoms with van der Waals surface area (Å²) >= 11 is 1.45. The molecule has 0 unspecified atom stereocenters. The Kier molecular flexibility index (Phi) is 4.32. The highest BCUT2D eigenvalue weighted by Gasteiger charge is 2.27. The normalized spacial score (nSPS) is 11.8. The van der Waals surface area contributed by atoms with E-state index in [4.69, 9.17) is 4.74 Å². The molecule has 20 heavy (non-hydrogen) atoms. The minimum atomic E-state index is -4.23. The summed E-state index contributed by atoms with van der Waals surface area (Å²) in [5, 5.41) is 3.59. The van der Waals surface area contributed by atoms with Gasteiger partial charge in [0.05, 0.1) is 18.4 Å². The van der Waals surface area contributed by atoms with E-state index in [1.54, 1.807) is 0 Å². The Hall–Kier alpha value is -1.57. The summed E-state index contributed by atoms with van der Waals surface area (Å²) in [7, 11) is 0. The van der Waals surface area contributed by atoms with Gasteiger partial charge in [-0.2, -0.15) is 18.2 Å². The lowest BCUT2D eigenvalue weighted by Crippen LogP contribution is -2.14. The first-order valence-electron chi connectivity index (χ1n) is 6.10. The fraction of sp³-hybridized carbons (Fsp3) is 0.500. The number of fused-ring (bicyclic) bond motifs is 1.